The molecule has 0 amide bonds. The van der Waals surface area contributed by atoms with E-state index in [1.54, 1.807) is 0 Å². The van der Waals surface area contributed by atoms with Crippen molar-refractivity contribution < 1.29 is 4.74 Å². The predicted molar refractivity (Wildman–Crippen MR) is 101 cm³/mol. The van der Waals surface area contributed by atoms with Gasteiger partial charge in [0.1, 0.15) is 12.4 Å². The maximum Gasteiger partial charge on any atom is 0.171 e. The van der Waals surface area contributed by atoms with Gasteiger partial charge in [-0.3, -0.25) is 0 Å². The van der Waals surface area contributed by atoms with Crippen molar-refractivity contribution in [2.24, 2.45) is 0 Å². The van der Waals surface area contributed by atoms with Crippen LogP contribution in [-0.4, -0.2) is 17.8 Å². The van der Waals surface area contributed by atoms with E-state index >= 15 is 0 Å². The Kier molecular flexibility index (Phi) is 5.99. The van der Waals surface area contributed by atoms with Crippen LogP contribution >= 0.6 is 12.2 Å². The van der Waals surface area contributed by atoms with E-state index in [1.165, 1.54) is 16.7 Å². The van der Waals surface area contributed by atoms with Crippen molar-refractivity contribution >= 4 is 23.0 Å². The maximum absolute atomic E-state index is 5.82. The summed E-state index contributed by atoms with van der Waals surface area (Å²) < 4.78 is 5.82. The molecule has 23 heavy (non-hydrogen) atoms. The Morgan fingerprint density at radius 3 is 2.39 bits per heavy atom. The summed E-state index contributed by atoms with van der Waals surface area (Å²) in [4.78, 5) is 0. The Labute approximate surface area is 144 Å². The number of benzene rings is 2. The molecule has 0 heterocycles. The standard InChI is InChI=1S/C19H24N2OS/c1-13-5-8-17(9-6-13)21-19(23)20-16(4)12-22-18-10-7-14(2)15(3)11-18/h5-11,16H,12H2,1-4H3,(H2,20,21,23)/t16-/m1/s1. The molecule has 0 spiro atoms. The molecular formula is C19H24N2OS. The van der Waals surface area contributed by atoms with Crippen LogP contribution in [0.1, 0.15) is 23.6 Å². The van der Waals surface area contributed by atoms with Crippen molar-refractivity contribution in [2.45, 2.75) is 33.7 Å². The summed E-state index contributed by atoms with van der Waals surface area (Å²) in [7, 11) is 0. The SMILES string of the molecule is Cc1ccc(NC(=S)N[C@H](C)COc2ccc(C)c(C)c2)cc1. The van der Waals surface area contributed by atoms with E-state index in [2.05, 4.69) is 55.7 Å². The smallest absolute Gasteiger partial charge is 0.171 e. The second-order valence-corrected chi connectivity index (χ2v) is 6.33. The van der Waals surface area contributed by atoms with E-state index in [-0.39, 0.29) is 6.04 Å². The minimum absolute atomic E-state index is 0.113. The van der Waals surface area contributed by atoms with E-state index in [0.29, 0.717) is 11.7 Å². The summed E-state index contributed by atoms with van der Waals surface area (Å²) in [6.45, 7) is 8.85. The number of thiocarbonyl (C=S) groups is 1. The first-order valence-electron chi connectivity index (χ1n) is 7.78. The lowest BCUT2D eigenvalue weighted by molar-refractivity contribution is 0.287. The van der Waals surface area contributed by atoms with Gasteiger partial charge in [0.05, 0.1) is 6.04 Å². The van der Waals surface area contributed by atoms with Gasteiger partial charge in [-0.1, -0.05) is 23.8 Å². The van der Waals surface area contributed by atoms with Crippen LogP contribution in [0.2, 0.25) is 0 Å². The number of aryl methyl sites for hydroxylation is 3. The molecule has 2 rings (SSSR count). The molecule has 0 bridgehead atoms. The van der Waals surface area contributed by atoms with Gasteiger partial charge in [0.2, 0.25) is 0 Å². The Hall–Kier alpha value is -2.07. The van der Waals surface area contributed by atoms with Gasteiger partial charge in [0.15, 0.2) is 5.11 Å². The quantitative estimate of drug-likeness (QED) is 0.799. The fourth-order valence-corrected chi connectivity index (χ4v) is 2.41. The van der Waals surface area contributed by atoms with Gasteiger partial charge in [-0.05, 0) is 75.3 Å². The molecule has 0 unspecified atom stereocenters. The third-order valence-corrected chi connectivity index (χ3v) is 3.89. The predicted octanol–water partition coefficient (Wildman–Crippen LogP) is 4.37. The van der Waals surface area contributed by atoms with Crippen molar-refractivity contribution in [1.29, 1.82) is 0 Å². The summed E-state index contributed by atoms with van der Waals surface area (Å²) in [6, 6.07) is 14.4. The number of hydrogen-bond donors (Lipinski definition) is 2. The van der Waals surface area contributed by atoms with Crippen LogP contribution in [0.15, 0.2) is 42.5 Å². The molecule has 0 aliphatic heterocycles. The fourth-order valence-electron chi connectivity index (χ4n) is 2.09. The van der Waals surface area contributed by atoms with Crippen molar-refractivity contribution in [3.63, 3.8) is 0 Å². The molecular weight excluding hydrogens is 304 g/mol. The molecule has 0 saturated heterocycles. The molecule has 0 aliphatic carbocycles. The third-order valence-electron chi connectivity index (χ3n) is 3.67. The van der Waals surface area contributed by atoms with E-state index in [4.69, 9.17) is 17.0 Å². The van der Waals surface area contributed by atoms with Crippen molar-refractivity contribution in [2.75, 3.05) is 11.9 Å². The lowest BCUT2D eigenvalue weighted by Gasteiger charge is -2.18. The number of hydrogen-bond acceptors (Lipinski definition) is 2. The first-order valence-corrected chi connectivity index (χ1v) is 8.19. The Bertz CT molecular complexity index is 668. The van der Waals surface area contributed by atoms with E-state index < -0.39 is 0 Å². The molecule has 3 nitrogen and oxygen atoms in total. The van der Waals surface area contributed by atoms with E-state index in [9.17, 15) is 0 Å². The van der Waals surface area contributed by atoms with Crippen LogP contribution < -0.4 is 15.4 Å². The molecule has 2 N–H and O–H groups in total. The second-order valence-electron chi connectivity index (χ2n) is 5.92. The zero-order chi connectivity index (χ0) is 16.8. The zero-order valence-corrected chi connectivity index (χ0v) is 15.0. The molecule has 0 saturated carbocycles. The van der Waals surface area contributed by atoms with Crippen LogP contribution in [0.25, 0.3) is 0 Å². The highest BCUT2D eigenvalue weighted by atomic mass is 32.1. The molecule has 0 aliphatic rings. The van der Waals surface area contributed by atoms with Gasteiger partial charge in [-0.25, -0.2) is 0 Å². The van der Waals surface area contributed by atoms with Crippen molar-refractivity contribution in [3.8, 4) is 5.75 Å². The van der Waals surface area contributed by atoms with E-state index in [1.807, 2.05) is 25.1 Å². The van der Waals surface area contributed by atoms with Crippen LogP contribution in [0.4, 0.5) is 5.69 Å². The van der Waals surface area contributed by atoms with Crippen LogP contribution in [0, 0.1) is 20.8 Å². The highest BCUT2D eigenvalue weighted by Crippen LogP contribution is 2.16. The highest BCUT2D eigenvalue weighted by molar-refractivity contribution is 7.80. The Morgan fingerprint density at radius 1 is 1.04 bits per heavy atom. The largest absolute Gasteiger partial charge is 0.491 e. The second kappa shape index (κ2) is 7.97. The summed E-state index contributed by atoms with van der Waals surface area (Å²) in [5, 5.41) is 7.02. The molecule has 2 aromatic carbocycles. The lowest BCUT2D eigenvalue weighted by atomic mass is 10.1. The minimum atomic E-state index is 0.113. The topological polar surface area (TPSA) is 33.3 Å². The molecule has 4 heteroatoms. The molecule has 0 radical (unpaired) electrons. The van der Waals surface area contributed by atoms with Crippen molar-refractivity contribution in [3.05, 3.63) is 59.2 Å². The van der Waals surface area contributed by atoms with Crippen LogP contribution in [-0.2, 0) is 0 Å². The van der Waals surface area contributed by atoms with Gasteiger partial charge in [-0.2, -0.15) is 0 Å². The maximum atomic E-state index is 5.82. The monoisotopic (exact) mass is 328 g/mol. The number of ether oxygens (including phenoxy) is 1. The van der Waals surface area contributed by atoms with Crippen LogP contribution in [0.3, 0.4) is 0 Å². The van der Waals surface area contributed by atoms with Gasteiger partial charge in [0, 0.05) is 5.69 Å². The number of anilines is 1. The van der Waals surface area contributed by atoms with Crippen molar-refractivity contribution in [1.82, 2.24) is 5.32 Å². The summed E-state index contributed by atoms with van der Waals surface area (Å²) in [5.41, 5.74) is 4.71. The molecule has 1 atom stereocenters. The fraction of sp³-hybridized carbons (Fsp3) is 0.316. The van der Waals surface area contributed by atoms with Crippen LogP contribution in [0.5, 0.6) is 5.75 Å². The van der Waals surface area contributed by atoms with E-state index in [0.717, 1.165) is 11.4 Å². The van der Waals surface area contributed by atoms with Gasteiger partial charge < -0.3 is 15.4 Å². The number of nitrogens with one attached hydrogen (secondary N) is 2. The molecule has 0 fully saturated rings. The lowest BCUT2D eigenvalue weighted by Crippen LogP contribution is -2.39. The first-order chi connectivity index (χ1) is 10.9. The van der Waals surface area contributed by atoms with Gasteiger partial charge >= 0.3 is 0 Å². The summed E-state index contributed by atoms with van der Waals surface area (Å²) in [5.74, 6) is 0.888. The third kappa shape index (κ3) is 5.57. The summed E-state index contributed by atoms with van der Waals surface area (Å²) >= 11 is 5.34. The normalized spacial score (nSPS) is 11.7. The minimum Gasteiger partial charge on any atom is -0.491 e. The van der Waals surface area contributed by atoms with Gasteiger partial charge in [0.25, 0.3) is 0 Å². The zero-order valence-electron chi connectivity index (χ0n) is 14.1. The average molecular weight is 328 g/mol. The van der Waals surface area contributed by atoms with Gasteiger partial charge in [-0.15, -0.1) is 0 Å². The Morgan fingerprint density at radius 2 is 1.74 bits per heavy atom. The molecule has 0 aromatic heterocycles. The average Bonchev–Trinajstić information content (AvgIpc) is 2.51. The molecule has 2 aromatic rings. The highest BCUT2D eigenvalue weighted by Gasteiger charge is 2.06. The number of rotatable bonds is 5. The summed E-state index contributed by atoms with van der Waals surface area (Å²) in [6.07, 6.45) is 0. The molecule has 122 valence electrons. The first kappa shape index (κ1) is 17.3. The Balaban J connectivity index is 1.79.